The van der Waals surface area contributed by atoms with E-state index in [0.29, 0.717) is 13.5 Å². The highest BCUT2D eigenvalue weighted by Gasteiger charge is 2.06. The number of aromatic nitrogens is 4. The summed E-state index contributed by atoms with van der Waals surface area (Å²) in [6.45, 7) is 9.76. The first-order valence-corrected chi connectivity index (χ1v) is 22.6. The fourth-order valence-electron chi connectivity index (χ4n) is 7.20. The first-order valence-electron chi connectivity index (χ1n) is 22.6. The molecule has 0 aromatic carbocycles. The maximum Gasteiger partial charge on any atom is 0.245 e. The van der Waals surface area contributed by atoms with Crippen molar-refractivity contribution in [2.45, 2.75) is 239 Å². The molecule has 0 saturated carbocycles. The number of aryl methyl sites for hydroxylation is 2. The lowest BCUT2D eigenvalue weighted by atomic mass is 10.0. The molecule has 0 spiro atoms. The van der Waals surface area contributed by atoms with Crippen LogP contribution in [0.2, 0.25) is 0 Å². The van der Waals surface area contributed by atoms with Gasteiger partial charge in [0, 0.05) is 0 Å². The van der Waals surface area contributed by atoms with E-state index in [9.17, 15) is 0 Å². The zero-order chi connectivity index (χ0) is 36.1. The van der Waals surface area contributed by atoms with Gasteiger partial charge in [-0.25, -0.2) is 18.3 Å². The largest absolute Gasteiger partial charge is 0.342 e. The standard InChI is InChI=1S/C45H86N4O2/c1-3-5-7-9-11-13-15-17-19-21-23-25-27-30-34-46-36-38-48(42-46)44-50-40-32-29-33-41-51-45-49-39-37-47(43-49)35-31-28-26-24-22-20-18-16-14-12-10-8-6-4-2/h36-39,42-43H,3-35,40-41,44-45H2,1-2H3/q+2. The molecule has 0 aliphatic heterocycles. The number of hydrogen-bond donors (Lipinski definition) is 0. The van der Waals surface area contributed by atoms with E-state index in [1.54, 1.807) is 0 Å². The molecular weight excluding hydrogens is 629 g/mol. The van der Waals surface area contributed by atoms with Crippen molar-refractivity contribution in [3.63, 3.8) is 0 Å². The minimum atomic E-state index is 0.648. The lowest BCUT2D eigenvalue weighted by Crippen LogP contribution is -2.33. The summed E-state index contributed by atoms with van der Waals surface area (Å²) in [5.74, 6) is 0. The Hall–Kier alpha value is -1.66. The van der Waals surface area contributed by atoms with Crippen molar-refractivity contribution in [3.8, 4) is 0 Å². The molecule has 0 N–H and O–H groups in total. The second-order valence-corrected chi connectivity index (χ2v) is 15.7. The maximum absolute atomic E-state index is 5.93. The van der Waals surface area contributed by atoms with E-state index < -0.39 is 0 Å². The summed E-state index contributed by atoms with van der Waals surface area (Å²) in [5, 5.41) is 0. The predicted molar refractivity (Wildman–Crippen MR) is 216 cm³/mol. The van der Waals surface area contributed by atoms with Crippen molar-refractivity contribution in [1.29, 1.82) is 0 Å². The molecule has 2 rings (SSSR count). The fourth-order valence-corrected chi connectivity index (χ4v) is 7.20. The van der Waals surface area contributed by atoms with Gasteiger partial charge in [-0.15, -0.1) is 0 Å². The molecule has 2 aromatic heterocycles. The molecular formula is C45H86N4O2+2. The van der Waals surface area contributed by atoms with Crippen molar-refractivity contribution in [1.82, 2.24) is 9.13 Å². The van der Waals surface area contributed by atoms with Gasteiger partial charge in [-0.2, -0.15) is 0 Å². The summed E-state index contributed by atoms with van der Waals surface area (Å²) in [6.07, 6.45) is 55.9. The van der Waals surface area contributed by atoms with Crippen LogP contribution in [-0.2, 0) is 36.0 Å². The summed E-state index contributed by atoms with van der Waals surface area (Å²) < 4.78 is 20.8. The van der Waals surface area contributed by atoms with E-state index >= 15 is 0 Å². The molecule has 0 fully saturated rings. The van der Waals surface area contributed by atoms with Crippen molar-refractivity contribution < 1.29 is 18.6 Å². The third kappa shape index (κ3) is 28.5. The Morgan fingerprint density at radius 3 is 0.941 bits per heavy atom. The van der Waals surface area contributed by atoms with Gasteiger partial charge in [0.05, 0.1) is 26.3 Å². The van der Waals surface area contributed by atoms with Crippen LogP contribution in [0.25, 0.3) is 0 Å². The van der Waals surface area contributed by atoms with Gasteiger partial charge in [0.1, 0.15) is 24.8 Å². The second kappa shape index (κ2) is 35.4. The topological polar surface area (TPSA) is 36.1 Å². The summed E-state index contributed by atoms with van der Waals surface area (Å²) in [4.78, 5) is 0. The van der Waals surface area contributed by atoms with Crippen LogP contribution in [0.1, 0.15) is 213 Å². The molecule has 2 aromatic rings. The van der Waals surface area contributed by atoms with Gasteiger partial charge in [-0.3, -0.25) is 0 Å². The van der Waals surface area contributed by atoms with E-state index in [4.69, 9.17) is 9.47 Å². The fraction of sp³-hybridized carbons (Fsp3) is 0.867. The SMILES string of the molecule is CCCCCCCCCCCCCCCCn1cc[n+](COCCCCCOC[n+]2ccn(CCCCCCCCCCCCCCCC)c2)c1. The summed E-state index contributed by atoms with van der Waals surface area (Å²) in [6, 6.07) is 0. The number of nitrogens with zero attached hydrogens (tertiary/aromatic N) is 4. The van der Waals surface area contributed by atoms with Crippen LogP contribution >= 0.6 is 0 Å². The third-order valence-corrected chi connectivity index (χ3v) is 10.6. The smallest absolute Gasteiger partial charge is 0.245 e. The quantitative estimate of drug-likeness (QED) is 0.0509. The van der Waals surface area contributed by atoms with Gasteiger partial charge in [0.25, 0.3) is 0 Å². The van der Waals surface area contributed by atoms with Crippen LogP contribution in [0, 0.1) is 0 Å². The molecule has 51 heavy (non-hydrogen) atoms. The first kappa shape index (κ1) is 45.5. The summed E-state index contributed by atoms with van der Waals surface area (Å²) in [5.41, 5.74) is 0. The van der Waals surface area contributed by atoms with Crippen LogP contribution in [-0.4, -0.2) is 22.3 Å². The van der Waals surface area contributed by atoms with E-state index in [-0.39, 0.29) is 0 Å². The van der Waals surface area contributed by atoms with E-state index in [2.05, 4.69) is 69.6 Å². The Kier molecular flexibility index (Phi) is 31.6. The lowest BCUT2D eigenvalue weighted by Gasteiger charge is -2.03. The molecule has 0 atom stereocenters. The molecule has 0 radical (unpaired) electrons. The zero-order valence-corrected chi connectivity index (χ0v) is 34.2. The van der Waals surface area contributed by atoms with Crippen molar-refractivity contribution >= 4 is 0 Å². The normalized spacial score (nSPS) is 11.6. The van der Waals surface area contributed by atoms with Gasteiger partial charge in [-0.1, -0.05) is 168 Å². The number of ether oxygens (including phenoxy) is 2. The van der Waals surface area contributed by atoms with Gasteiger partial charge >= 0.3 is 0 Å². The first-order chi connectivity index (χ1) is 25.3. The average molecular weight is 715 g/mol. The van der Waals surface area contributed by atoms with Crippen LogP contribution in [0.5, 0.6) is 0 Å². The zero-order valence-electron chi connectivity index (χ0n) is 34.2. The molecule has 2 heterocycles. The van der Waals surface area contributed by atoms with Gasteiger partial charge in [0.2, 0.25) is 12.7 Å². The molecule has 6 nitrogen and oxygen atoms in total. The number of imidazole rings is 2. The Bertz CT molecular complexity index is 897. The van der Waals surface area contributed by atoms with Crippen LogP contribution < -0.4 is 9.13 Å². The summed E-state index contributed by atoms with van der Waals surface area (Å²) in [7, 11) is 0. The highest BCUT2D eigenvalue weighted by Crippen LogP contribution is 2.14. The monoisotopic (exact) mass is 715 g/mol. The van der Waals surface area contributed by atoms with E-state index in [0.717, 1.165) is 45.6 Å². The molecule has 0 aliphatic carbocycles. The third-order valence-electron chi connectivity index (χ3n) is 10.6. The Morgan fingerprint density at radius 1 is 0.353 bits per heavy atom. The molecule has 296 valence electrons. The van der Waals surface area contributed by atoms with Gasteiger partial charge in [0.15, 0.2) is 13.5 Å². The van der Waals surface area contributed by atoms with E-state index in [1.807, 2.05) is 0 Å². The number of rotatable bonds is 40. The predicted octanol–water partition coefficient (Wildman–Crippen LogP) is 12.6. The van der Waals surface area contributed by atoms with Crippen molar-refractivity contribution in [2.75, 3.05) is 13.2 Å². The maximum atomic E-state index is 5.93. The summed E-state index contributed by atoms with van der Waals surface area (Å²) >= 11 is 0. The average Bonchev–Trinajstić information content (AvgIpc) is 3.80. The lowest BCUT2D eigenvalue weighted by molar-refractivity contribution is -0.732. The Morgan fingerprint density at radius 2 is 0.627 bits per heavy atom. The number of hydrogen-bond acceptors (Lipinski definition) is 2. The van der Waals surface area contributed by atoms with Crippen molar-refractivity contribution in [2.24, 2.45) is 0 Å². The highest BCUT2D eigenvalue weighted by atomic mass is 16.5. The second-order valence-electron chi connectivity index (χ2n) is 15.7. The molecule has 0 bridgehead atoms. The minimum Gasteiger partial charge on any atom is -0.342 e. The Balaban J connectivity index is 1.30. The molecule has 6 heteroatoms. The highest BCUT2D eigenvalue weighted by molar-refractivity contribution is 4.67. The molecule has 0 unspecified atom stereocenters. The van der Waals surface area contributed by atoms with Gasteiger partial charge < -0.3 is 9.47 Å². The van der Waals surface area contributed by atoms with Crippen molar-refractivity contribution in [3.05, 3.63) is 37.4 Å². The molecule has 0 aliphatic rings. The molecule has 0 saturated heterocycles. The van der Waals surface area contributed by atoms with Crippen LogP contribution in [0.4, 0.5) is 0 Å². The Labute approximate surface area is 317 Å². The van der Waals surface area contributed by atoms with Gasteiger partial charge in [-0.05, 0) is 44.9 Å². The van der Waals surface area contributed by atoms with Crippen LogP contribution in [0.3, 0.4) is 0 Å². The minimum absolute atomic E-state index is 0.648. The van der Waals surface area contributed by atoms with Crippen LogP contribution in [0.15, 0.2) is 37.4 Å². The number of unbranched alkanes of at least 4 members (excludes halogenated alkanes) is 28. The molecule has 0 amide bonds. The van der Waals surface area contributed by atoms with E-state index in [1.165, 1.54) is 180 Å².